The van der Waals surface area contributed by atoms with E-state index in [1.54, 1.807) is 0 Å². The Balaban J connectivity index is 1.78. The molecular weight excluding hydrogens is 366 g/mol. The molecule has 1 fully saturated rings. The van der Waals surface area contributed by atoms with Crippen molar-refractivity contribution in [1.82, 2.24) is 5.32 Å². The summed E-state index contributed by atoms with van der Waals surface area (Å²) in [5.41, 5.74) is 1.75. The second-order valence-electron chi connectivity index (χ2n) is 6.61. The molecule has 0 saturated carbocycles. The normalized spacial score (nSPS) is 29.5. The Morgan fingerprint density at radius 2 is 2.11 bits per heavy atom. The van der Waals surface area contributed by atoms with Crippen molar-refractivity contribution in [2.75, 3.05) is 6.61 Å². The van der Waals surface area contributed by atoms with Gasteiger partial charge in [-0.1, -0.05) is 36.9 Å². The van der Waals surface area contributed by atoms with Crippen molar-refractivity contribution in [3.63, 3.8) is 0 Å². The van der Waals surface area contributed by atoms with Gasteiger partial charge in [0.15, 0.2) is 12.2 Å². The molecule has 0 unspecified atom stereocenters. The van der Waals surface area contributed by atoms with Crippen LogP contribution in [-0.4, -0.2) is 59.2 Å². The summed E-state index contributed by atoms with van der Waals surface area (Å²) in [6.45, 7) is 6.89. The molecule has 0 aromatic heterocycles. The van der Waals surface area contributed by atoms with Gasteiger partial charge in [0.05, 0.1) is 25.0 Å². The Labute approximate surface area is 162 Å². The van der Waals surface area contributed by atoms with Crippen molar-refractivity contribution in [3.8, 4) is 0 Å². The van der Waals surface area contributed by atoms with Crippen LogP contribution < -0.4 is 5.32 Å². The highest BCUT2D eigenvalue weighted by molar-refractivity contribution is 5.85. The number of benzene rings is 1. The van der Waals surface area contributed by atoms with E-state index in [-0.39, 0.29) is 6.61 Å². The first-order chi connectivity index (χ1) is 13.5. The zero-order chi connectivity index (χ0) is 20.3. The zero-order valence-corrected chi connectivity index (χ0v) is 15.2. The molecule has 1 saturated heterocycles. The summed E-state index contributed by atoms with van der Waals surface area (Å²) >= 11 is 0. The average molecular weight is 389 g/mol. The number of aliphatic hydroxyl groups excluding tert-OH is 2. The van der Waals surface area contributed by atoms with E-state index in [0.29, 0.717) is 6.42 Å². The molecule has 3 N–H and O–H groups in total. The summed E-state index contributed by atoms with van der Waals surface area (Å²) in [4.78, 5) is 24.9. The lowest BCUT2D eigenvalue weighted by molar-refractivity contribution is -0.157. The lowest BCUT2D eigenvalue weighted by Gasteiger charge is -2.26. The number of carbonyl (C=O) groups excluding carboxylic acids is 2. The van der Waals surface area contributed by atoms with Crippen molar-refractivity contribution in [2.45, 2.75) is 43.0 Å². The van der Waals surface area contributed by atoms with Gasteiger partial charge in [-0.25, -0.2) is 4.79 Å². The molecule has 8 heteroatoms. The minimum absolute atomic E-state index is 0.00432. The monoisotopic (exact) mass is 389 g/mol. The molecule has 1 aromatic carbocycles. The lowest BCUT2D eigenvalue weighted by Crippen LogP contribution is -2.50. The fourth-order valence-electron chi connectivity index (χ4n) is 3.54. The third kappa shape index (κ3) is 3.80. The Kier molecular flexibility index (Phi) is 6.13. The third-order valence-corrected chi connectivity index (χ3v) is 4.83. The summed E-state index contributed by atoms with van der Waals surface area (Å²) in [5.74, 6) is -1.44. The quantitative estimate of drug-likeness (QED) is 0.329. The number of hydrogen-bond donors (Lipinski definition) is 3. The van der Waals surface area contributed by atoms with Gasteiger partial charge in [-0.3, -0.25) is 4.79 Å². The largest absolute Gasteiger partial charge is 0.484 e. The molecule has 6 atom stereocenters. The van der Waals surface area contributed by atoms with E-state index in [0.717, 1.165) is 17.4 Å². The number of ether oxygens (including phenoxy) is 3. The highest BCUT2D eigenvalue weighted by Gasteiger charge is 2.51. The predicted molar refractivity (Wildman–Crippen MR) is 97.9 cm³/mol. The van der Waals surface area contributed by atoms with Crippen molar-refractivity contribution in [1.29, 1.82) is 0 Å². The maximum absolute atomic E-state index is 12.9. The van der Waals surface area contributed by atoms with Gasteiger partial charge < -0.3 is 29.7 Å². The SMILES string of the molecule is C=CCO[C@@H](C(=O)N[C@H]1c2ccccc2C[C@H]1O)[C@@H]1OC(=O)[C@H](OC=C)[C@@H]1O. The van der Waals surface area contributed by atoms with Crippen LogP contribution in [0.1, 0.15) is 17.2 Å². The van der Waals surface area contributed by atoms with E-state index >= 15 is 0 Å². The van der Waals surface area contributed by atoms with Gasteiger partial charge in [0, 0.05) is 6.42 Å². The van der Waals surface area contributed by atoms with Gasteiger partial charge in [-0.2, -0.15) is 0 Å². The number of fused-ring (bicyclic) bond motifs is 1. The first-order valence-electron chi connectivity index (χ1n) is 8.91. The second-order valence-corrected chi connectivity index (χ2v) is 6.61. The molecule has 28 heavy (non-hydrogen) atoms. The van der Waals surface area contributed by atoms with Gasteiger partial charge in [0.25, 0.3) is 5.91 Å². The number of amides is 1. The van der Waals surface area contributed by atoms with Crippen LogP contribution in [-0.2, 0) is 30.2 Å². The van der Waals surface area contributed by atoms with Crippen molar-refractivity contribution in [3.05, 3.63) is 60.9 Å². The molecule has 0 spiro atoms. The fourth-order valence-corrected chi connectivity index (χ4v) is 3.54. The Morgan fingerprint density at radius 1 is 1.36 bits per heavy atom. The van der Waals surface area contributed by atoms with Gasteiger partial charge >= 0.3 is 5.97 Å². The van der Waals surface area contributed by atoms with Crippen LogP contribution in [0.3, 0.4) is 0 Å². The molecule has 1 aromatic rings. The van der Waals surface area contributed by atoms with E-state index in [4.69, 9.17) is 14.2 Å². The lowest BCUT2D eigenvalue weighted by atomic mass is 10.0. The molecule has 8 nitrogen and oxygen atoms in total. The summed E-state index contributed by atoms with van der Waals surface area (Å²) < 4.78 is 15.6. The molecule has 1 amide bonds. The molecule has 1 aliphatic heterocycles. The molecule has 1 heterocycles. The van der Waals surface area contributed by atoms with Gasteiger partial charge in [0.2, 0.25) is 6.10 Å². The van der Waals surface area contributed by atoms with Gasteiger partial charge in [-0.15, -0.1) is 6.58 Å². The summed E-state index contributed by atoms with van der Waals surface area (Å²) in [7, 11) is 0. The average Bonchev–Trinajstić information content (AvgIpc) is 3.13. The van der Waals surface area contributed by atoms with Crippen molar-refractivity contribution in [2.24, 2.45) is 0 Å². The second kappa shape index (κ2) is 8.55. The molecular formula is C20H23NO7. The van der Waals surface area contributed by atoms with Crippen molar-refractivity contribution < 1.29 is 34.0 Å². The third-order valence-electron chi connectivity index (χ3n) is 4.83. The number of aliphatic hydroxyl groups is 2. The van der Waals surface area contributed by atoms with Crippen LogP contribution in [0.2, 0.25) is 0 Å². The first kappa shape index (κ1) is 20.1. The van der Waals surface area contributed by atoms with Gasteiger partial charge in [0.1, 0.15) is 6.10 Å². The predicted octanol–water partition coefficient (Wildman–Crippen LogP) is 0.147. The molecule has 3 rings (SSSR count). The summed E-state index contributed by atoms with van der Waals surface area (Å²) in [6, 6.07) is 6.76. The summed E-state index contributed by atoms with van der Waals surface area (Å²) in [6.07, 6.45) is -3.23. The summed E-state index contributed by atoms with van der Waals surface area (Å²) in [5, 5.41) is 23.5. The maximum Gasteiger partial charge on any atom is 0.350 e. The number of cyclic esters (lactones) is 1. The van der Waals surface area contributed by atoms with Crippen LogP contribution in [0, 0.1) is 0 Å². The maximum atomic E-state index is 12.9. The molecule has 0 radical (unpaired) electrons. The highest BCUT2D eigenvalue weighted by Crippen LogP contribution is 2.32. The van der Waals surface area contributed by atoms with Crippen molar-refractivity contribution >= 4 is 11.9 Å². The Bertz CT molecular complexity index is 765. The first-order valence-corrected chi connectivity index (χ1v) is 8.91. The number of rotatable bonds is 8. The highest BCUT2D eigenvalue weighted by atomic mass is 16.6. The minimum atomic E-state index is -1.42. The molecule has 150 valence electrons. The zero-order valence-electron chi connectivity index (χ0n) is 15.2. The van der Waals surface area contributed by atoms with E-state index in [1.807, 2.05) is 24.3 Å². The minimum Gasteiger partial charge on any atom is -0.484 e. The molecule has 2 aliphatic rings. The number of carbonyl (C=O) groups is 2. The van der Waals surface area contributed by atoms with E-state index in [2.05, 4.69) is 18.5 Å². The van der Waals surface area contributed by atoms with E-state index in [9.17, 15) is 19.8 Å². The topological polar surface area (TPSA) is 114 Å². The van der Waals surface area contributed by atoms with Crippen LogP contribution in [0.25, 0.3) is 0 Å². The van der Waals surface area contributed by atoms with Crippen LogP contribution in [0.5, 0.6) is 0 Å². The van der Waals surface area contributed by atoms with Crippen LogP contribution in [0.15, 0.2) is 49.8 Å². The van der Waals surface area contributed by atoms with E-state index < -0.39 is 48.4 Å². The number of nitrogens with one attached hydrogen (secondary N) is 1. The van der Waals surface area contributed by atoms with Crippen LogP contribution in [0.4, 0.5) is 0 Å². The number of hydrogen-bond acceptors (Lipinski definition) is 7. The van der Waals surface area contributed by atoms with Crippen LogP contribution >= 0.6 is 0 Å². The fraction of sp³-hybridized carbons (Fsp3) is 0.400. The van der Waals surface area contributed by atoms with Gasteiger partial charge in [-0.05, 0) is 11.1 Å². The Hall–Kier alpha value is -2.68. The van der Waals surface area contributed by atoms with E-state index in [1.165, 1.54) is 6.08 Å². The smallest absolute Gasteiger partial charge is 0.350 e. The molecule has 1 aliphatic carbocycles. The Morgan fingerprint density at radius 3 is 2.82 bits per heavy atom. The number of esters is 1. The standard InChI is InChI=1S/C20H23NO7/c1-3-9-27-18(16-15(23)17(26-4-2)20(25)28-16)19(24)21-14-12-8-6-5-7-11(12)10-13(14)22/h3-8,13-18,22-23H,1-2,9-10H2,(H,21,24)/t13-,14+,15-,16-,17-,18-/m1/s1. The molecule has 0 bridgehead atoms.